The smallest absolute Gasteiger partial charge is 0.101 e. The molecule has 0 amide bonds. The summed E-state index contributed by atoms with van der Waals surface area (Å²) in [5, 5.41) is 47.2. The molecule has 270 valence electrons. The average Bonchev–Trinajstić information content (AvgIpc) is 3.93. The van der Waals surface area contributed by atoms with E-state index in [1.165, 1.54) is 0 Å². The van der Waals surface area contributed by atoms with E-state index in [9.17, 15) is 21.0 Å². The molecule has 0 aliphatic rings. The maximum absolute atomic E-state index is 10.9. The van der Waals surface area contributed by atoms with Crippen LogP contribution in [0, 0.1) is 45.3 Å². The minimum absolute atomic E-state index is 0.456. The number of hydrogen-bond acceptors (Lipinski definition) is 4. The number of hydrogen-bond donors (Lipinski definition) is 0. The molecule has 0 aliphatic carbocycles. The summed E-state index contributed by atoms with van der Waals surface area (Å²) in [7, 11) is 0. The van der Waals surface area contributed by atoms with Crippen LogP contribution >= 0.6 is 0 Å². The Balaban J connectivity index is 1.22. The molecule has 0 bridgehead atoms. The molecule has 11 rings (SSSR count). The second-order valence-electron chi connectivity index (χ2n) is 14.6. The Morgan fingerprint density at radius 3 is 1.44 bits per heavy atom. The predicted molar refractivity (Wildman–Crippen MR) is 234 cm³/mol. The van der Waals surface area contributed by atoms with E-state index in [1.54, 1.807) is 0 Å². The van der Waals surface area contributed by atoms with Crippen LogP contribution in [0.4, 0.5) is 0 Å². The van der Waals surface area contributed by atoms with Crippen molar-refractivity contribution in [1.29, 1.82) is 21.0 Å². The molecule has 0 unspecified atom stereocenters. The molecule has 0 saturated heterocycles. The molecule has 0 spiro atoms. The number of nitriles is 4. The first-order chi connectivity index (χ1) is 29.1. The van der Waals surface area contributed by atoms with Crippen LogP contribution in [-0.2, 0) is 0 Å². The van der Waals surface area contributed by atoms with Crippen LogP contribution in [0.25, 0.3) is 93.6 Å². The van der Waals surface area contributed by atoms with Gasteiger partial charge in [0.15, 0.2) is 0 Å². The van der Waals surface area contributed by atoms with Gasteiger partial charge in [0.1, 0.15) is 6.07 Å². The first-order valence-electron chi connectivity index (χ1n) is 19.1. The lowest BCUT2D eigenvalue weighted by Crippen LogP contribution is -2.03. The second kappa shape index (κ2) is 12.8. The van der Waals surface area contributed by atoms with Gasteiger partial charge in [0, 0.05) is 49.3 Å². The van der Waals surface area contributed by atoms with Gasteiger partial charge in [-0.25, -0.2) is 0 Å². The number of fused-ring (bicyclic) bond motifs is 9. The van der Waals surface area contributed by atoms with Gasteiger partial charge in [-0.15, -0.1) is 0 Å². The molecule has 0 saturated carbocycles. The fourth-order valence-corrected chi connectivity index (χ4v) is 9.05. The van der Waals surface area contributed by atoms with Crippen molar-refractivity contribution < 1.29 is 0 Å². The van der Waals surface area contributed by atoms with E-state index in [0.717, 1.165) is 87.9 Å². The van der Waals surface area contributed by atoms with Crippen molar-refractivity contribution in [1.82, 2.24) is 13.7 Å². The Hall–Kier alpha value is -8.88. The number of aromatic nitrogens is 3. The number of para-hydroxylation sites is 4. The zero-order valence-corrected chi connectivity index (χ0v) is 31.2. The van der Waals surface area contributed by atoms with Crippen LogP contribution in [-0.4, -0.2) is 13.7 Å². The highest BCUT2D eigenvalue weighted by Crippen LogP contribution is 2.42. The Labute approximate surface area is 337 Å². The third kappa shape index (κ3) is 4.90. The van der Waals surface area contributed by atoms with Crippen molar-refractivity contribution in [3.05, 3.63) is 186 Å². The lowest BCUT2D eigenvalue weighted by atomic mass is 9.97. The largest absolute Gasteiger partial charge is 0.309 e. The monoisotopic (exact) mass is 749 g/mol. The van der Waals surface area contributed by atoms with E-state index < -0.39 is 0 Å². The van der Waals surface area contributed by atoms with Crippen molar-refractivity contribution in [3.63, 3.8) is 0 Å². The lowest BCUT2D eigenvalue weighted by molar-refractivity contribution is 1.15. The molecule has 0 aliphatic heterocycles. The summed E-state index contributed by atoms with van der Waals surface area (Å²) in [5.74, 6) is 0. The highest BCUT2D eigenvalue weighted by molar-refractivity contribution is 6.13. The van der Waals surface area contributed by atoms with Crippen molar-refractivity contribution >= 4 is 65.4 Å². The number of benzene rings is 8. The summed E-state index contributed by atoms with van der Waals surface area (Å²) >= 11 is 0. The SMILES string of the molecule is N#Cc1cc(-c2cccc(C#N)c2-n2c3ccc(C#N)cc3c3ccc(-n4c5ccccc5c5ccccc54)cc32)cc(-n2c3ccccc3c3cc(C#N)ccc32)c1. The van der Waals surface area contributed by atoms with E-state index in [2.05, 4.69) is 111 Å². The van der Waals surface area contributed by atoms with Crippen LogP contribution in [0.1, 0.15) is 22.3 Å². The van der Waals surface area contributed by atoms with Gasteiger partial charge >= 0.3 is 0 Å². The minimum Gasteiger partial charge on any atom is -0.309 e. The van der Waals surface area contributed by atoms with Crippen LogP contribution in [0.5, 0.6) is 0 Å². The molecule has 0 radical (unpaired) electrons. The molecular formula is C52H27N7. The third-order valence-corrected chi connectivity index (χ3v) is 11.5. The second-order valence-corrected chi connectivity index (χ2v) is 14.6. The van der Waals surface area contributed by atoms with Crippen LogP contribution in [0.15, 0.2) is 164 Å². The van der Waals surface area contributed by atoms with Gasteiger partial charge in [0.05, 0.1) is 79.2 Å². The normalized spacial score (nSPS) is 11.3. The van der Waals surface area contributed by atoms with Crippen LogP contribution in [0.3, 0.4) is 0 Å². The third-order valence-electron chi connectivity index (χ3n) is 11.5. The summed E-state index contributed by atoms with van der Waals surface area (Å²) in [5.41, 5.74) is 11.7. The summed E-state index contributed by atoms with van der Waals surface area (Å²) < 4.78 is 6.55. The van der Waals surface area contributed by atoms with Gasteiger partial charge in [0.25, 0.3) is 0 Å². The summed E-state index contributed by atoms with van der Waals surface area (Å²) in [4.78, 5) is 0. The molecule has 0 N–H and O–H groups in total. The Morgan fingerprint density at radius 2 is 0.847 bits per heavy atom. The van der Waals surface area contributed by atoms with E-state index in [1.807, 2.05) is 91.0 Å². The van der Waals surface area contributed by atoms with E-state index in [0.29, 0.717) is 27.9 Å². The van der Waals surface area contributed by atoms with E-state index in [4.69, 9.17) is 0 Å². The minimum atomic E-state index is 0.456. The van der Waals surface area contributed by atoms with Crippen LogP contribution < -0.4 is 0 Å². The molecule has 3 heterocycles. The van der Waals surface area contributed by atoms with Gasteiger partial charge in [-0.1, -0.05) is 72.8 Å². The fourth-order valence-electron chi connectivity index (χ4n) is 9.05. The molecule has 3 aromatic heterocycles. The Kier molecular flexibility index (Phi) is 7.28. The Bertz CT molecular complexity index is 3740. The van der Waals surface area contributed by atoms with Crippen molar-refractivity contribution in [2.24, 2.45) is 0 Å². The maximum Gasteiger partial charge on any atom is 0.101 e. The lowest BCUT2D eigenvalue weighted by Gasteiger charge is -2.18. The van der Waals surface area contributed by atoms with Gasteiger partial charge in [-0.05, 0) is 96.6 Å². The van der Waals surface area contributed by atoms with Crippen LogP contribution in [0.2, 0.25) is 0 Å². The highest BCUT2D eigenvalue weighted by atomic mass is 15.0. The number of nitrogens with zero attached hydrogens (tertiary/aromatic N) is 7. The predicted octanol–water partition coefficient (Wildman–Crippen LogP) is 12.1. The van der Waals surface area contributed by atoms with Gasteiger partial charge in [-0.2, -0.15) is 21.0 Å². The van der Waals surface area contributed by atoms with Gasteiger partial charge in [-0.3, -0.25) is 0 Å². The number of rotatable bonds is 4. The molecular weight excluding hydrogens is 723 g/mol. The first-order valence-corrected chi connectivity index (χ1v) is 19.1. The van der Waals surface area contributed by atoms with E-state index >= 15 is 0 Å². The Morgan fingerprint density at radius 1 is 0.322 bits per heavy atom. The van der Waals surface area contributed by atoms with Crippen molar-refractivity contribution in [3.8, 4) is 52.5 Å². The summed E-state index contributed by atoms with van der Waals surface area (Å²) in [6.07, 6.45) is 0. The van der Waals surface area contributed by atoms with Gasteiger partial charge in [0.2, 0.25) is 0 Å². The standard InChI is InChI=1S/C52H27N7/c53-28-32-16-20-49-44(24-32)42-11-3-6-15-48(42)58(49)38-23-34(30-55)22-36(26-38)39-12-7-8-35(31-56)52(39)59-50-21-17-33(29-54)25-45(50)43-19-18-37(27-51(43)59)57-46-13-4-1-9-40(46)41-10-2-5-14-47(41)57/h1-27H. The topological polar surface area (TPSA) is 110 Å². The molecule has 7 heteroatoms. The summed E-state index contributed by atoms with van der Waals surface area (Å²) in [6, 6.07) is 63.6. The molecule has 59 heavy (non-hydrogen) atoms. The van der Waals surface area contributed by atoms with Crippen molar-refractivity contribution in [2.75, 3.05) is 0 Å². The fraction of sp³-hybridized carbons (Fsp3) is 0. The quantitative estimate of drug-likeness (QED) is 0.178. The molecule has 0 fully saturated rings. The zero-order valence-electron chi connectivity index (χ0n) is 31.2. The summed E-state index contributed by atoms with van der Waals surface area (Å²) in [6.45, 7) is 0. The molecule has 8 aromatic carbocycles. The van der Waals surface area contributed by atoms with E-state index in [-0.39, 0.29) is 0 Å². The molecule has 0 atom stereocenters. The highest BCUT2D eigenvalue weighted by Gasteiger charge is 2.22. The average molecular weight is 750 g/mol. The molecule has 11 aromatic rings. The first kappa shape index (κ1) is 33.5. The van der Waals surface area contributed by atoms with Crippen molar-refractivity contribution in [2.45, 2.75) is 0 Å². The zero-order chi connectivity index (χ0) is 39.8. The maximum atomic E-state index is 10.9. The molecule has 7 nitrogen and oxygen atoms in total. The van der Waals surface area contributed by atoms with Gasteiger partial charge < -0.3 is 13.7 Å².